The Balaban J connectivity index is 1.50. The number of esters is 1. The second kappa shape index (κ2) is 12.0. The van der Waals surface area contributed by atoms with Crippen LogP contribution in [0, 0.1) is 0 Å². The van der Waals surface area contributed by atoms with E-state index in [1.807, 2.05) is 84.9 Å². The van der Waals surface area contributed by atoms with Crippen molar-refractivity contribution in [1.29, 1.82) is 0 Å². The minimum atomic E-state index is -0.882. The lowest BCUT2D eigenvalue weighted by atomic mass is 10.0. The van der Waals surface area contributed by atoms with Gasteiger partial charge in [-0.15, -0.1) is 0 Å². The Morgan fingerprint density at radius 3 is 2.03 bits per heavy atom. The first kappa shape index (κ1) is 23.5. The van der Waals surface area contributed by atoms with Gasteiger partial charge in [0.25, 0.3) is 0 Å². The molecular weight excluding hydrogens is 420 g/mol. The quantitative estimate of drug-likeness (QED) is 0.491. The summed E-state index contributed by atoms with van der Waals surface area (Å²) < 4.78 is 9.90. The molecule has 0 fully saturated rings. The number of methoxy groups -OCH3 is 1. The first-order chi connectivity index (χ1) is 16.0. The van der Waals surface area contributed by atoms with Crippen molar-refractivity contribution in [2.75, 3.05) is 13.7 Å². The molecule has 3 rings (SSSR count). The Morgan fingerprint density at radius 2 is 1.39 bits per heavy atom. The maximum absolute atomic E-state index is 12.3. The largest absolute Gasteiger partial charge is 0.467 e. The number of hydrogen-bond acceptors (Lipinski definition) is 5. The van der Waals surface area contributed by atoms with Gasteiger partial charge in [-0.3, -0.25) is 4.79 Å². The number of nitrogens with one attached hydrogen (secondary N) is 2. The molecule has 33 heavy (non-hydrogen) atoms. The molecule has 0 heterocycles. The van der Waals surface area contributed by atoms with E-state index in [4.69, 9.17) is 9.47 Å². The first-order valence-electron chi connectivity index (χ1n) is 10.5. The van der Waals surface area contributed by atoms with E-state index in [1.54, 1.807) is 0 Å². The topological polar surface area (TPSA) is 93.7 Å². The van der Waals surface area contributed by atoms with Gasteiger partial charge in [-0.05, 0) is 22.3 Å². The SMILES string of the molecule is COC(=O)[C@@H](Cc1ccc(-c2ccccc2)cc1)NC(=O)CNC(=O)OCc1ccccc1. The minimum Gasteiger partial charge on any atom is -0.467 e. The zero-order valence-electron chi connectivity index (χ0n) is 18.3. The maximum Gasteiger partial charge on any atom is 0.407 e. The van der Waals surface area contributed by atoms with Crippen molar-refractivity contribution in [3.63, 3.8) is 0 Å². The Hall–Kier alpha value is -4.13. The number of rotatable bonds is 9. The number of benzene rings is 3. The third-order valence-electron chi connectivity index (χ3n) is 4.93. The standard InChI is InChI=1S/C26H26N2O5/c1-32-25(30)23(16-19-12-14-22(15-13-19)21-10-6-3-7-11-21)28-24(29)17-27-26(31)33-18-20-8-4-2-5-9-20/h2-15,23H,16-18H2,1H3,(H,27,31)(H,28,29)/t23-/m1/s1. The molecule has 3 aromatic rings. The molecule has 7 heteroatoms. The Labute approximate surface area is 192 Å². The van der Waals surface area contributed by atoms with Crippen LogP contribution in [0.4, 0.5) is 4.79 Å². The summed E-state index contributed by atoms with van der Waals surface area (Å²) in [5.74, 6) is -1.09. The van der Waals surface area contributed by atoms with Gasteiger partial charge in [-0.2, -0.15) is 0 Å². The molecule has 0 radical (unpaired) electrons. The fourth-order valence-corrected chi connectivity index (χ4v) is 3.21. The lowest BCUT2D eigenvalue weighted by molar-refractivity contribution is -0.144. The highest BCUT2D eigenvalue weighted by molar-refractivity contribution is 5.87. The van der Waals surface area contributed by atoms with E-state index < -0.39 is 24.0 Å². The van der Waals surface area contributed by atoms with Gasteiger partial charge < -0.3 is 20.1 Å². The molecule has 0 bridgehead atoms. The Morgan fingerprint density at radius 1 is 0.788 bits per heavy atom. The zero-order valence-corrected chi connectivity index (χ0v) is 18.3. The van der Waals surface area contributed by atoms with Gasteiger partial charge in [0.05, 0.1) is 7.11 Å². The van der Waals surface area contributed by atoms with Crippen molar-refractivity contribution >= 4 is 18.0 Å². The van der Waals surface area contributed by atoms with Crippen molar-refractivity contribution in [2.24, 2.45) is 0 Å². The van der Waals surface area contributed by atoms with Crippen LogP contribution in [0.3, 0.4) is 0 Å². The second-order valence-electron chi connectivity index (χ2n) is 7.33. The summed E-state index contributed by atoms with van der Waals surface area (Å²) in [6, 6.07) is 26.0. The third-order valence-corrected chi connectivity index (χ3v) is 4.93. The van der Waals surface area contributed by atoms with Gasteiger partial charge in [0.1, 0.15) is 19.2 Å². The normalized spacial score (nSPS) is 11.2. The molecule has 0 saturated heterocycles. The summed E-state index contributed by atoms with van der Waals surface area (Å²) in [6.07, 6.45) is -0.466. The lowest BCUT2D eigenvalue weighted by Crippen LogP contribution is -2.47. The maximum atomic E-state index is 12.3. The van der Waals surface area contributed by atoms with Crippen LogP contribution in [0.5, 0.6) is 0 Å². The predicted octanol–water partition coefficient (Wildman–Crippen LogP) is 3.48. The van der Waals surface area contributed by atoms with Crippen molar-refractivity contribution in [2.45, 2.75) is 19.1 Å². The molecule has 3 aromatic carbocycles. The lowest BCUT2D eigenvalue weighted by Gasteiger charge is -2.17. The van der Waals surface area contributed by atoms with Gasteiger partial charge in [-0.1, -0.05) is 84.9 Å². The number of carbonyl (C=O) groups is 3. The van der Waals surface area contributed by atoms with Crippen molar-refractivity contribution < 1.29 is 23.9 Å². The number of carbonyl (C=O) groups excluding carboxylic acids is 3. The second-order valence-corrected chi connectivity index (χ2v) is 7.33. The van der Waals surface area contributed by atoms with Crippen LogP contribution in [0.2, 0.25) is 0 Å². The van der Waals surface area contributed by atoms with Gasteiger partial charge in [-0.25, -0.2) is 9.59 Å². The van der Waals surface area contributed by atoms with Crippen LogP contribution < -0.4 is 10.6 Å². The van der Waals surface area contributed by atoms with E-state index in [2.05, 4.69) is 10.6 Å². The molecule has 0 aliphatic heterocycles. The molecule has 0 spiro atoms. The van der Waals surface area contributed by atoms with Crippen molar-refractivity contribution in [3.8, 4) is 11.1 Å². The summed E-state index contributed by atoms with van der Waals surface area (Å²) >= 11 is 0. The first-order valence-corrected chi connectivity index (χ1v) is 10.5. The van der Waals surface area contributed by atoms with E-state index in [-0.39, 0.29) is 19.6 Å². The predicted molar refractivity (Wildman–Crippen MR) is 124 cm³/mol. The Kier molecular flexibility index (Phi) is 8.59. The monoisotopic (exact) mass is 446 g/mol. The number of amides is 2. The average molecular weight is 447 g/mol. The van der Waals surface area contributed by atoms with E-state index in [0.29, 0.717) is 0 Å². The fraction of sp³-hybridized carbons (Fsp3) is 0.192. The van der Waals surface area contributed by atoms with E-state index >= 15 is 0 Å². The highest BCUT2D eigenvalue weighted by Crippen LogP contribution is 2.19. The molecule has 170 valence electrons. The molecular formula is C26H26N2O5. The number of alkyl carbamates (subject to hydrolysis) is 1. The van der Waals surface area contributed by atoms with E-state index in [9.17, 15) is 14.4 Å². The molecule has 0 aromatic heterocycles. The van der Waals surface area contributed by atoms with E-state index in [1.165, 1.54) is 7.11 Å². The molecule has 7 nitrogen and oxygen atoms in total. The molecule has 0 unspecified atom stereocenters. The van der Waals surface area contributed by atoms with Gasteiger partial charge in [0.2, 0.25) is 5.91 Å². The van der Waals surface area contributed by atoms with Crippen LogP contribution in [0.25, 0.3) is 11.1 Å². The highest BCUT2D eigenvalue weighted by atomic mass is 16.5. The summed E-state index contributed by atoms with van der Waals surface area (Å²) in [6.45, 7) is -0.230. The molecule has 1 atom stereocenters. The molecule has 2 N–H and O–H groups in total. The molecule has 2 amide bonds. The molecule has 0 aliphatic carbocycles. The van der Waals surface area contributed by atoms with Gasteiger partial charge in [0.15, 0.2) is 0 Å². The van der Waals surface area contributed by atoms with Crippen LogP contribution >= 0.6 is 0 Å². The molecule has 0 saturated carbocycles. The van der Waals surface area contributed by atoms with Gasteiger partial charge in [0, 0.05) is 6.42 Å². The van der Waals surface area contributed by atoms with Crippen LogP contribution in [-0.4, -0.2) is 37.7 Å². The van der Waals surface area contributed by atoms with Crippen molar-refractivity contribution in [3.05, 3.63) is 96.1 Å². The minimum absolute atomic E-state index is 0.0953. The van der Waals surface area contributed by atoms with Crippen molar-refractivity contribution in [1.82, 2.24) is 10.6 Å². The molecule has 0 aliphatic rings. The average Bonchev–Trinajstić information content (AvgIpc) is 2.87. The summed E-state index contributed by atoms with van der Waals surface area (Å²) in [7, 11) is 1.26. The van der Waals surface area contributed by atoms with Crippen LogP contribution in [0.15, 0.2) is 84.9 Å². The van der Waals surface area contributed by atoms with Crippen LogP contribution in [0.1, 0.15) is 11.1 Å². The summed E-state index contributed by atoms with van der Waals surface area (Å²) in [5.41, 5.74) is 3.84. The van der Waals surface area contributed by atoms with E-state index in [0.717, 1.165) is 22.3 Å². The highest BCUT2D eigenvalue weighted by Gasteiger charge is 2.22. The smallest absolute Gasteiger partial charge is 0.407 e. The zero-order chi connectivity index (χ0) is 23.5. The van der Waals surface area contributed by atoms with Gasteiger partial charge >= 0.3 is 12.1 Å². The Bertz CT molecular complexity index is 1050. The number of hydrogen-bond donors (Lipinski definition) is 2. The van der Waals surface area contributed by atoms with Crippen LogP contribution in [-0.2, 0) is 32.1 Å². The summed E-state index contributed by atoms with van der Waals surface area (Å²) in [5, 5.41) is 4.99. The third kappa shape index (κ3) is 7.50. The summed E-state index contributed by atoms with van der Waals surface area (Å²) in [4.78, 5) is 36.3. The number of ether oxygens (including phenoxy) is 2. The fourth-order valence-electron chi connectivity index (χ4n) is 3.21.